The Morgan fingerprint density at radius 2 is 2.36 bits per heavy atom. The Morgan fingerprint density at radius 3 is 2.93 bits per heavy atom. The van der Waals surface area contributed by atoms with Crippen molar-refractivity contribution in [2.45, 2.75) is 6.54 Å². The molecule has 5 nitrogen and oxygen atoms in total. The van der Waals surface area contributed by atoms with Crippen LogP contribution >= 0.6 is 12.2 Å². The van der Waals surface area contributed by atoms with E-state index >= 15 is 0 Å². The SMILES string of the molecule is NC(=S)NCc1cccc([N+](=O)[O-])c1. The Balaban J connectivity index is 2.73. The quantitative estimate of drug-likeness (QED) is 0.441. The number of nitrogens with zero attached hydrogens (tertiary/aromatic N) is 1. The summed E-state index contributed by atoms with van der Waals surface area (Å²) in [5.41, 5.74) is 6.06. The largest absolute Gasteiger partial charge is 0.376 e. The van der Waals surface area contributed by atoms with Gasteiger partial charge in [-0.05, 0) is 17.8 Å². The van der Waals surface area contributed by atoms with E-state index in [4.69, 9.17) is 5.73 Å². The zero-order valence-corrected chi connectivity index (χ0v) is 8.08. The lowest BCUT2D eigenvalue weighted by Crippen LogP contribution is -2.28. The van der Waals surface area contributed by atoms with E-state index in [-0.39, 0.29) is 10.8 Å². The van der Waals surface area contributed by atoms with Gasteiger partial charge in [-0.25, -0.2) is 0 Å². The van der Waals surface area contributed by atoms with Crippen molar-refractivity contribution in [1.82, 2.24) is 5.32 Å². The van der Waals surface area contributed by atoms with Crippen LogP contribution in [0.15, 0.2) is 24.3 Å². The minimum absolute atomic E-state index is 0.0623. The first-order chi connectivity index (χ1) is 6.59. The zero-order valence-electron chi connectivity index (χ0n) is 7.27. The number of hydrogen-bond acceptors (Lipinski definition) is 3. The molecule has 0 aliphatic carbocycles. The molecular formula is C8H9N3O2S. The third-order valence-corrected chi connectivity index (χ3v) is 1.73. The van der Waals surface area contributed by atoms with Gasteiger partial charge in [-0.15, -0.1) is 0 Å². The summed E-state index contributed by atoms with van der Waals surface area (Å²) >= 11 is 4.61. The van der Waals surface area contributed by atoms with E-state index in [1.54, 1.807) is 12.1 Å². The van der Waals surface area contributed by atoms with Crippen LogP contribution in [-0.4, -0.2) is 10.0 Å². The van der Waals surface area contributed by atoms with E-state index in [9.17, 15) is 10.1 Å². The summed E-state index contributed by atoms with van der Waals surface area (Å²) in [6, 6.07) is 6.29. The molecule has 0 saturated heterocycles. The molecule has 74 valence electrons. The average Bonchev–Trinajstić information content (AvgIpc) is 2.15. The lowest BCUT2D eigenvalue weighted by Gasteiger charge is -2.02. The topological polar surface area (TPSA) is 81.2 Å². The van der Waals surface area contributed by atoms with Crippen molar-refractivity contribution >= 4 is 23.0 Å². The first-order valence-corrected chi connectivity index (χ1v) is 4.27. The molecule has 0 saturated carbocycles. The molecule has 0 heterocycles. The molecule has 0 spiro atoms. The Bertz CT molecular complexity index is 367. The standard InChI is InChI=1S/C8H9N3O2S/c9-8(14)10-5-6-2-1-3-7(4-6)11(12)13/h1-4H,5H2,(H3,9,10,14). The van der Waals surface area contributed by atoms with Gasteiger partial charge in [-0.3, -0.25) is 10.1 Å². The molecule has 0 atom stereocenters. The van der Waals surface area contributed by atoms with Crippen molar-refractivity contribution in [3.8, 4) is 0 Å². The zero-order chi connectivity index (χ0) is 10.6. The van der Waals surface area contributed by atoms with Gasteiger partial charge in [0.05, 0.1) is 4.92 Å². The predicted molar refractivity (Wildman–Crippen MR) is 56.7 cm³/mol. The first-order valence-electron chi connectivity index (χ1n) is 3.86. The highest BCUT2D eigenvalue weighted by molar-refractivity contribution is 7.80. The van der Waals surface area contributed by atoms with E-state index in [2.05, 4.69) is 17.5 Å². The van der Waals surface area contributed by atoms with Crippen LogP contribution in [-0.2, 0) is 6.54 Å². The number of nitrogens with one attached hydrogen (secondary N) is 1. The van der Waals surface area contributed by atoms with Gasteiger partial charge in [-0.2, -0.15) is 0 Å². The fraction of sp³-hybridized carbons (Fsp3) is 0.125. The molecule has 6 heteroatoms. The van der Waals surface area contributed by atoms with Crippen LogP contribution in [0.3, 0.4) is 0 Å². The molecule has 1 aromatic carbocycles. The van der Waals surface area contributed by atoms with Crippen molar-refractivity contribution in [1.29, 1.82) is 0 Å². The molecule has 0 aliphatic rings. The lowest BCUT2D eigenvalue weighted by atomic mass is 10.2. The van der Waals surface area contributed by atoms with Crippen molar-refractivity contribution in [2.75, 3.05) is 0 Å². The predicted octanol–water partition coefficient (Wildman–Crippen LogP) is 0.928. The molecule has 1 rings (SSSR count). The molecule has 3 N–H and O–H groups in total. The lowest BCUT2D eigenvalue weighted by molar-refractivity contribution is -0.384. The van der Waals surface area contributed by atoms with E-state index in [0.29, 0.717) is 6.54 Å². The monoisotopic (exact) mass is 211 g/mol. The van der Waals surface area contributed by atoms with Crippen LogP contribution in [0.1, 0.15) is 5.56 Å². The Morgan fingerprint density at radius 1 is 1.64 bits per heavy atom. The highest BCUT2D eigenvalue weighted by Crippen LogP contribution is 2.12. The summed E-state index contributed by atoms with van der Waals surface area (Å²) in [7, 11) is 0. The third-order valence-electron chi connectivity index (χ3n) is 1.59. The number of non-ortho nitro benzene ring substituents is 1. The number of thiocarbonyl (C=S) groups is 1. The van der Waals surface area contributed by atoms with E-state index < -0.39 is 4.92 Å². The number of rotatable bonds is 3. The van der Waals surface area contributed by atoms with Crippen LogP contribution in [0.5, 0.6) is 0 Å². The van der Waals surface area contributed by atoms with Gasteiger partial charge in [-0.1, -0.05) is 12.1 Å². The van der Waals surface area contributed by atoms with Crippen molar-refractivity contribution < 1.29 is 4.92 Å². The van der Waals surface area contributed by atoms with E-state index in [1.807, 2.05) is 0 Å². The summed E-state index contributed by atoms with van der Waals surface area (Å²) in [5.74, 6) is 0. The maximum atomic E-state index is 10.4. The van der Waals surface area contributed by atoms with Crippen LogP contribution in [0.4, 0.5) is 5.69 Å². The van der Waals surface area contributed by atoms with Gasteiger partial charge in [0.1, 0.15) is 0 Å². The Labute approximate surface area is 86.1 Å². The fourth-order valence-electron chi connectivity index (χ4n) is 0.969. The molecular weight excluding hydrogens is 202 g/mol. The molecule has 1 aromatic rings. The maximum Gasteiger partial charge on any atom is 0.269 e. The minimum Gasteiger partial charge on any atom is -0.376 e. The first kappa shape index (κ1) is 10.4. The normalized spacial score (nSPS) is 9.43. The van der Waals surface area contributed by atoms with Crippen LogP contribution in [0.25, 0.3) is 0 Å². The van der Waals surface area contributed by atoms with Crippen molar-refractivity contribution in [3.05, 3.63) is 39.9 Å². The average molecular weight is 211 g/mol. The highest BCUT2D eigenvalue weighted by atomic mass is 32.1. The van der Waals surface area contributed by atoms with Gasteiger partial charge in [0.2, 0.25) is 0 Å². The second-order valence-corrected chi connectivity index (χ2v) is 3.08. The van der Waals surface area contributed by atoms with Crippen molar-refractivity contribution in [3.63, 3.8) is 0 Å². The number of nitrogens with two attached hydrogens (primary N) is 1. The Kier molecular flexibility index (Phi) is 3.35. The van der Waals surface area contributed by atoms with E-state index in [0.717, 1.165) is 5.56 Å². The third kappa shape index (κ3) is 2.98. The Hall–Kier alpha value is -1.69. The maximum absolute atomic E-state index is 10.4. The molecule has 0 unspecified atom stereocenters. The van der Waals surface area contributed by atoms with Crippen LogP contribution in [0.2, 0.25) is 0 Å². The molecule has 0 radical (unpaired) electrons. The molecule has 0 amide bonds. The summed E-state index contributed by atoms with van der Waals surface area (Å²) in [4.78, 5) is 9.99. The number of nitro benzene ring substituents is 1. The summed E-state index contributed by atoms with van der Waals surface area (Å²) < 4.78 is 0. The summed E-state index contributed by atoms with van der Waals surface area (Å²) in [5, 5.41) is 13.3. The number of nitro groups is 1. The van der Waals surface area contributed by atoms with Gasteiger partial charge >= 0.3 is 0 Å². The van der Waals surface area contributed by atoms with E-state index in [1.165, 1.54) is 12.1 Å². The molecule has 14 heavy (non-hydrogen) atoms. The summed E-state index contributed by atoms with van der Waals surface area (Å²) in [6.45, 7) is 0.400. The smallest absolute Gasteiger partial charge is 0.269 e. The van der Waals surface area contributed by atoms with Crippen LogP contribution < -0.4 is 11.1 Å². The fourth-order valence-corrected chi connectivity index (χ4v) is 1.04. The van der Waals surface area contributed by atoms with Gasteiger partial charge in [0, 0.05) is 18.7 Å². The second kappa shape index (κ2) is 4.52. The van der Waals surface area contributed by atoms with Gasteiger partial charge < -0.3 is 11.1 Å². The van der Waals surface area contributed by atoms with Gasteiger partial charge in [0.25, 0.3) is 5.69 Å². The highest BCUT2D eigenvalue weighted by Gasteiger charge is 2.04. The van der Waals surface area contributed by atoms with Crippen molar-refractivity contribution in [2.24, 2.45) is 5.73 Å². The number of benzene rings is 1. The molecule has 0 aromatic heterocycles. The summed E-state index contributed by atoms with van der Waals surface area (Å²) in [6.07, 6.45) is 0. The second-order valence-electron chi connectivity index (χ2n) is 2.64. The molecule has 0 bridgehead atoms. The molecule has 0 fully saturated rings. The minimum atomic E-state index is -0.440. The molecule has 0 aliphatic heterocycles. The van der Waals surface area contributed by atoms with Gasteiger partial charge in [0.15, 0.2) is 5.11 Å². The number of hydrogen-bond donors (Lipinski definition) is 2. The van der Waals surface area contributed by atoms with Crippen LogP contribution in [0, 0.1) is 10.1 Å².